The standard InChI is InChI=1S/C17H17NO5S/c19-16-11-13(6-7-15(16)17(20)21)12-4-3-5-14(10-12)24(22,23)18-8-1-2-9-18/h3-7,10-11,19H,1-2,8-9H2,(H,20,21). The average Bonchev–Trinajstić information content (AvgIpc) is 3.10. The average molecular weight is 347 g/mol. The summed E-state index contributed by atoms with van der Waals surface area (Å²) in [6.07, 6.45) is 1.73. The number of carbonyl (C=O) groups is 1. The number of carboxylic acids is 1. The fraction of sp³-hybridized carbons (Fsp3) is 0.235. The number of carboxylic acid groups (broad SMARTS) is 1. The second-order valence-corrected chi connectivity index (χ2v) is 7.61. The molecule has 6 nitrogen and oxygen atoms in total. The van der Waals surface area contributed by atoms with Gasteiger partial charge in [0.1, 0.15) is 11.3 Å². The van der Waals surface area contributed by atoms with Crippen molar-refractivity contribution in [1.29, 1.82) is 0 Å². The molecular formula is C17H17NO5S. The zero-order valence-electron chi connectivity index (χ0n) is 12.8. The first-order valence-electron chi connectivity index (χ1n) is 7.56. The molecule has 1 aliphatic heterocycles. The van der Waals surface area contributed by atoms with Crippen LogP contribution in [0.5, 0.6) is 5.75 Å². The highest BCUT2D eigenvalue weighted by atomic mass is 32.2. The number of aromatic carboxylic acids is 1. The van der Waals surface area contributed by atoms with Gasteiger partial charge in [-0.15, -0.1) is 0 Å². The predicted molar refractivity (Wildman–Crippen MR) is 88.5 cm³/mol. The van der Waals surface area contributed by atoms with E-state index >= 15 is 0 Å². The molecule has 1 saturated heterocycles. The van der Waals surface area contributed by atoms with E-state index in [9.17, 15) is 18.3 Å². The maximum absolute atomic E-state index is 12.6. The Labute approximate surface area is 140 Å². The molecule has 0 bridgehead atoms. The normalized spacial score (nSPS) is 15.5. The topological polar surface area (TPSA) is 94.9 Å². The first-order chi connectivity index (χ1) is 11.4. The summed E-state index contributed by atoms with van der Waals surface area (Å²) in [6, 6.07) is 10.6. The summed E-state index contributed by atoms with van der Waals surface area (Å²) in [5, 5.41) is 18.8. The molecule has 7 heteroatoms. The largest absolute Gasteiger partial charge is 0.507 e. The Morgan fingerprint density at radius 2 is 1.67 bits per heavy atom. The molecule has 0 amide bonds. The van der Waals surface area contributed by atoms with Crippen molar-refractivity contribution in [3.8, 4) is 16.9 Å². The van der Waals surface area contributed by atoms with Crippen molar-refractivity contribution < 1.29 is 23.4 Å². The molecule has 0 aromatic heterocycles. The fourth-order valence-electron chi connectivity index (χ4n) is 2.81. The lowest BCUT2D eigenvalue weighted by Gasteiger charge is -2.16. The van der Waals surface area contributed by atoms with Crippen LogP contribution in [0.1, 0.15) is 23.2 Å². The van der Waals surface area contributed by atoms with E-state index in [1.54, 1.807) is 30.3 Å². The maximum Gasteiger partial charge on any atom is 0.339 e. The van der Waals surface area contributed by atoms with Crippen LogP contribution in [0.15, 0.2) is 47.4 Å². The number of rotatable bonds is 4. The molecule has 24 heavy (non-hydrogen) atoms. The van der Waals surface area contributed by atoms with Crippen LogP contribution in [-0.4, -0.2) is 42.0 Å². The summed E-state index contributed by atoms with van der Waals surface area (Å²) in [4.78, 5) is 11.2. The maximum atomic E-state index is 12.6. The van der Waals surface area contributed by atoms with E-state index in [0.717, 1.165) is 12.8 Å². The van der Waals surface area contributed by atoms with E-state index < -0.39 is 16.0 Å². The number of hydrogen-bond acceptors (Lipinski definition) is 4. The molecule has 0 atom stereocenters. The molecule has 2 aromatic rings. The van der Waals surface area contributed by atoms with Gasteiger partial charge in [-0.2, -0.15) is 4.31 Å². The van der Waals surface area contributed by atoms with E-state index in [0.29, 0.717) is 24.2 Å². The minimum atomic E-state index is -3.52. The van der Waals surface area contributed by atoms with Crippen molar-refractivity contribution in [3.05, 3.63) is 48.0 Å². The number of nitrogens with zero attached hydrogens (tertiary/aromatic N) is 1. The molecule has 1 aliphatic rings. The number of benzene rings is 2. The number of aromatic hydroxyl groups is 1. The Morgan fingerprint density at radius 3 is 2.29 bits per heavy atom. The minimum absolute atomic E-state index is 0.195. The number of phenols is 1. The van der Waals surface area contributed by atoms with Crippen LogP contribution in [0.2, 0.25) is 0 Å². The second kappa shape index (κ2) is 6.26. The Hall–Kier alpha value is -2.38. The third-order valence-electron chi connectivity index (χ3n) is 4.10. The molecular weight excluding hydrogens is 330 g/mol. The van der Waals surface area contributed by atoms with E-state index in [1.165, 1.54) is 16.4 Å². The van der Waals surface area contributed by atoms with Gasteiger partial charge in [-0.05, 0) is 48.2 Å². The first kappa shape index (κ1) is 16.5. The van der Waals surface area contributed by atoms with Crippen LogP contribution < -0.4 is 0 Å². The van der Waals surface area contributed by atoms with E-state index in [-0.39, 0.29) is 16.2 Å². The van der Waals surface area contributed by atoms with Gasteiger partial charge in [0.05, 0.1) is 4.90 Å². The molecule has 0 aliphatic carbocycles. The monoisotopic (exact) mass is 347 g/mol. The molecule has 126 valence electrons. The Kier molecular flexibility index (Phi) is 4.29. The van der Waals surface area contributed by atoms with Gasteiger partial charge < -0.3 is 10.2 Å². The van der Waals surface area contributed by atoms with Crippen LogP contribution in [-0.2, 0) is 10.0 Å². The Bertz CT molecular complexity index is 886. The summed E-state index contributed by atoms with van der Waals surface area (Å²) < 4.78 is 26.7. The smallest absolute Gasteiger partial charge is 0.339 e. The van der Waals surface area contributed by atoms with Crippen molar-refractivity contribution >= 4 is 16.0 Å². The van der Waals surface area contributed by atoms with Gasteiger partial charge in [-0.3, -0.25) is 0 Å². The third-order valence-corrected chi connectivity index (χ3v) is 5.99. The quantitative estimate of drug-likeness (QED) is 0.886. The SMILES string of the molecule is O=C(O)c1ccc(-c2cccc(S(=O)(=O)N3CCCC3)c2)cc1O. The van der Waals surface area contributed by atoms with Crippen molar-refractivity contribution in [2.24, 2.45) is 0 Å². The van der Waals surface area contributed by atoms with Crippen LogP contribution in [0.4, 0.5) is 0 Å². The zero-order valence-corrected chi connectivity index (χ0v) is 13.7. The van der Waals surface area contributed by atoms with Crippen molar-refractivity contribution in [2.45, 2.75) is 17.7 Å². The van der Waals surface area contributed by atoms with Crippen LogP contribution in [0.3, 0.4) is 0 Å². The highest BCUT2D eigenvalue weighted by Crippen LogP contribution is 2.29. The third kappa shape index (κ3) is 3.00. The Morgan fingerprint density at radius 1 is 1.00 bits per heavy atom. The van der Waals surface area contributed by atoms with Gasteiger partial charge in [0, 0.05) is 13.1 Å². The lowest BCUT2D eigenvalue weighted by atomic mass is 10.0. The highest BCUT2D eigenvalue weighted by molar-refractivity contribution is 7.89. The summed E-state index contributed by atoms with van der Waals surface area (Å²) in [5.74, 6) is -1.57. The summed E-state index contributed by atoms with van der Waals surface area (Å²) in [7, 11) is -3.52. The molecule has 0 radical (unpaired) electrons. The van der Waals surface area contributed by atoms with Crippen molar-refractivity contribution in [2.75, 3.05) is 13.1 Å². The second-order valence-electron chi connectivity index (χ2n) is 5.68. The van der Waals surface area contributed by atoms with Crippen molar-refractivity contribution in [3.63, 3.8) is 0 Å². The van der Waals surface area contributed by atoms with E-state index in [1.807, 2.05) is 0 Å². The Balaban J connectivity index is 1.99. The lowest BCUT2D eigenvalue weighted by Crippen LogP contribution is -2.27. The molecule has 0 unspecified atom stereocenters. The van der Waals surface area contributed by atoms with Gasteiger partial charge >= 0.3 is 5.97 Å². The minimum Gasteiger partial charge on any atom is -0.507 e. The lowest BCUT2D eigenvalue weighted by molar-refractivity contribution is 0.0693. The number of hydrogen-bond donors (Lipinski definition) is 2. The zero-order chi connectivity index (χ0) is 17.3. The molecule has 0 saturated carbocycles. The fourth-order valence-corrected chi connectivity index (χ4v) is 4.37. The van der Waals surface area contributed by atoms with Gasteiger partial charge in [-0.25, -0.2) is 13.2 Å². The van der Waals surface area contributed by atoms with Crippen LogP contribution in [0, 0.1) is 0 Å². The van der Waals surface area contributed by atoms with Gasteiger partial charge in [-0.1, -0.05) is 18.2 Å². The van der Waals surface area contributed by atoms with Gasteiger partial charge in [0.2, 0.25) is 10.0 Å². The first-order valence-corrected chi connectivity index (χ1v) is 9.00. The van der Waals surface area contributed by atoms with Crippen LogP contribution in [0.25, 0.3) is 11.1 Å². The van der Waals surface area contributed by atoms with E-state index in [4.69, 9.17) is 5.11 Å². The van der Waals surface area contributed by atoms with E-state index in [2.05, 4.69) is 0 Å². The molecule has 2 N–H and O–H groups in total. The molecule has 0 spiro atoms. The molecule has 1 heterocycles. The number of sulfonamides is 1. The van der Waals surface area contributed by atoms with Crippen LogP contribution >= 0.6 is 0 Å². The van der Waals surface area contributed by atoms with Crippen molar-refractivity contribution in [1.82, 2.24) is 4.31 Å². The summed E-state index contributed by atoms with van der Waals surface area (Å²) in [5.41, 5.74) is 0.957. The summed E-state index contributed by atoms with van der Waals surface area (Å²) in [6.45, 7) is 1.06. The van der Waals surface area contributed by atoms with Gasteiger partial charge in [0.25, 0.3) is 0 Å². The predicted octanol–water partition coefficient (Wildman–Crippen LogP) is 2.54. The molecule has 3 rings (SSSR count). The molecule has 2 aromatic carbocycles. The summed E-state index contributed by atoms with van der Waals surface area (Å²) >= 11 is 0. The van der Waals surface area contributed by atoms with Gasteiger partial charge in [0.15, 0.2) is 0 Å². The molecule has 1 fully saturated rings. The highest BCUT2D eigenvalue weighted by Gasteiger charge is 2.27.